The molecule has 102 valence electrons. The van der Waals surface area contributed by atoms with Crippen LogP contribution in [0, 0.1) is 11.6 Å². The molecule has 0 aliphatic heterocycles. The van der Waals surface area contributed by atoms with Gasteiger partial charge in [0.25, 0.3) is 0 Å². The first-order valence-electron chi connectivity index (χ1n) is 5.99. The Morgan fingerprint density at radius 3 is 2.58 bits per heavy atom. The number of nitrogens with one attached hydrogen (secondary N) is 1. The number of benzene rings is 1. The maximum atomic E-state index is 13.2. The predicted molar refractivity (Wildman–Crippen MR) is 68.4 cm³/mol. The normalized spacial score (nSPS) is 11.8. The Balaban J connectivity index is 2.26. The molecule has 0 amide bonds. The maximum absolute atomic E-state index is 13.2. The molecule has 0 spiro atoms. The van der Waals surface area contributed by atoms with Crippen LogP contribution >= 0.6 is 0 Å². The van der Waals surface area contributed by atoms with E-state index in [1.807, 2.05) is 20.8 Å². The van der Waals surface area contributed by atoms with E-state index < -0.39 is 11.6 Å². The van der Waals surface area contributed by atoms with Crippen LogP contribution in [-0.4, -0.2) is 10.5 Å². The van der Waals surface area contributed by atoms with Crippen molar-refractivity contribution in [3.63, 3.8) is 0 Å². The number of hydrogen-bond acceptors (Lipinski definition) is 3. The molecule has 1 N–H and O–H groups in total. The molecule has 0 aliphatic rings. The van der Waals surface area contributed by atoms with Crippen LogP contribution < -0.4 is 5.32 Å². The van der Waals surface area contributed by atoms with Crippen molar-refractivity contribution in [2.75, 3.05) is 0 Å². The fourth-order valence-corrected chi connectivity index (χ4v) is 1.62. The molecule has 5 heteroatoms. The minimum absolute atomic E-state index is 0.0652. The van der Waals surface area contributed by atoms with Gasteiger partial charge in [0.1, 0.15) is 5.69 Å². The van der Waals surface area contributed by atoms with Gasteiger partial charge in [0.2, 0.25) is 0 Å². The van der Waals surface area contributed by atoms with E-state index in [1.165, 1.54) is 12.5 Å². The summed E-state index contributed by atoms with van der Waals surface area (Å²) in [6.45, 7) is 6.59. The second-order valence-electron chi connectivity index (χ2n) is 5.36. The topological polar surface area (TPSA) is 38.1 Å². The Bertz CT molecular complexity index is 573. The minimum Gasteiger partial charge on any atom is -0.443 e. The summed E-state index contributed by atoms with van der Waals surface area (Å²) < 4.78 is 31.4. The van der Waals surface area contributed by atoms with E-state index in [-0.39, 0.29) is 5.54 Å². The number of nitrogens with zero attached hydrogens (tertiary/aromatic N) is 1. The number of halogens is 2. The quantitative estimate of drug-likeness (QED) is 0.923. The van der Waals surface area contributed by atoms with Crippen LogP contribution in [0.4, 0.5) is 8.78 Å². The molecular formula is C14H16F2N2O. The fraction of sp³-hybridized carbons (Fsp3) is 0.357. The SMILES string of the molecule is CC(C)(C)NCc1ncoc1-c1ccc(F)c(F)c1. The highest BCUT2D eigenvalue weighted by molar-refractivity contribution is 5.59. The summed E-state index contributed by atoms with van der Waals surface area (Å²) in [5.41, 5.74) is 1.08. The lowest BCUT2D eigenvalue weighted by molar-refractivity contribution is 0.421. The van der Waals surface area contributed by atoms with Gasteiger partial charge in [0.05, 0.1) is 0 Å². The largest absolute Gasteiger partial charge is 0.443 e. The van der Waals surface area contributed by atoms with E-state index in [0.717, 1.165) is 12.1 Å². The molecule has 0 fully saturated rings. The lowest BCUT2D eigenvalue weighted by atomic mass is 10.1. The monoisotopic (exact) mass is 266 g/mol. The van der Waals surface area contributed by atoms with E-state index in [2.05, 4.69) is 10.3 Å². The molecule has 0 bridgehead atoms. The number of hydrogen-bond donors (Lipinski definition) is 1. The predicted octanol–water partition coefficient (Wildman–Crippen LogP) is 3.51. The van der Waals surface area contributed by atoms with Crippen molar-refractivity contribution in [2.24, 2.45) is 0 Å². The Kier molecular flexibility index (Phi) is 3.66. The van der Waals surface area contributed by atoms with Crippen molar-refractivity contribution in [1.82, 2.24) is 10.3 Å². The standard InChI is InChI=1S/C14H16F2N2O/c1-14(2,3)18-7-12-13(19-8-17-12)9-4-5-10(15)11(16)6-9/h4-6,8,18H,7H2,1-3H3. The molecule has 3 nitrogen and oxygen atoms in total. The van der Waals surface area contributed by atoms with Crippen molar-refractivity contribution in [3.8, 4) is 11.3 Å². The summed E-state index contributed by atoms with van der Waals surface area (Å²) in [7, 11) is 0. The third-order valence-corrected chi connectivity index (χ3v) is 2.61. The van der Waals surface area contributed by atoms with Crippen LogP contribution in [0.2, 0.25) is 0 Å². The summed E-state index contributed by atoms with van der Waals surface area (Å²) in [6.07, 6.45) is 1.30. The van der Waals surface area contributed by atoms with Gasteiger partial charge < -0.3 is 9.73 Å². The molecule has 0 saturated carbocycles. The van der Waals surface area contributed by atoms with Crippen molar-refractivity contribution in [1.29, 1.82) is 0 Å². The first kappa shape index (κ1) is 13.7. The van der Waals surface area contributed by atoms with E-state index in [9.17, 15) is 8.78 Å². The van der Waals surface area contributed by atoms with E-state index in [1.54, 1.807) is 0 Å². The average molecular weight is 266 g/mol. The molecule has 2 rings (SSSR count). The molecule has 1 aromatic heterocycles. The van der Waals surface area contributed by atoms with Gasteiger partial charge in [-0.25, -0.2) is 13.8 Å². The third kappa shape index (κ3) is 3.38. The molecule has 0 saturated heterocycles. The molecule has 2 aromatic rings. The summed E-state index contributed by atoms with van der Waals surface area (Å²) in [5, 5.41) is 3.27. The van der Waals surface area contributed by atoms with Crippen molar-refractivity contribution >= 4 is 0 Å². The summed E-state index contributed by atoms with van der Waals surface area (Å²) in [6, 6.07) is 3.66. The smallest absolute Gasteiger partial charge is 0.181 e. The van der Waals surface area contributed by atoms with Gasteiger partial charge in [0, 0.05) is 17.6 Å². The van der Waals surface area contributed by atoms with Gasteiger partial charge in [-0.1, -0.05) is 0 Å². The highest BCUT2D eigenvalue weighted by Crippen LogP contribution is 2.25. The molecule has 1 aromatic carbocycles. The van der Waals surface area contributed by atoms with Gasteiger partial charge in [-0.3, -0.25) is 0 Å². The Labute approximate surface area is 110 Å². The lowest BCUT2D eigenvalue weighted by Crippen LogP contribution is -2.35. The zero-order valence-corrected chi connectivity index (χ0v) is 11.1. The fourth-order valence-electron chi connectivity index (χ4n) is 1.62. The molecule has 0 atom stereocenters. The van der Waals surface area contributed by atoms with Crippen molar-refractivity contribution in [2.45, 2.75) is 32.9 Å². The molecule has 0 aliphatic carbocycles. The first-order valence-corrected chi connectivity index (χ1v) is 5.99. The molecule has 0 unspecified atom stereocenters. The molecule has 19 heavy (non-hydrogen) atoms. The van der Waals surface area contributed by atoms with Crippen molar-refractivity contribution in [3.05, 3.63) is 41.9 Å². The van der Waals surface area contributed by atoms with E-state index in [4.69, 9.17) is 4.42 Å². The van der Waals surface area contributed by atoms with E-state index in [0.29, 0.717) is 23.6 Å². The van der Waals surface area contributed by atoms with Gasteiger partial charge >= 0.3 is 0 Å². The van der Waals surface area contributed by atoms with Gasteiger partial charge in [-0.05, 0) is 39.0 Å². The lowest BCUT2D eigenvalue weighted by Gasteiger charge is -2.19. The van der Waals surface area contributed by atoms with Crippen LogP contribution in [-0.2, 0) is 6.54 Å². The number of rotatable bonds is 3. The minimum atomic E-state index is -0.899. The van der Waals surface area contributed by atoms with E-state index >= 15 is 0 Å². The Morgan fingerprint density at radius 2 is 1.95 bits per heavy atom. The zero-order chi connectivity index (χ0) is 14.0. The van der Waals surface area contributed by atoms with Crippen LogP contribution in [0.3, 0.4) is 0 Å². The molecule has 1 heterocycles. The molecular weight excluding hydrogens is 250 g/mol. The first-order chi connectivity index (χ1) is 8.87. The van der Waals surface area contributed by atoms with Crippen molar-refractivity contribution < 1.29 is 13.2 Å². The van der Waals surface area contributed by atoms with Gasteiger partial charge in [-0.2, -0.15) is 0 Å². The van der Waals surface area contributed by atoms with Crippen LogP contribution in [0.5, 0.6) is 0 Å². The zero-order valence-electron chi connectivity index (χ0n) is 11.1. The van der Waals surface area contributed by atoms with Gasteiger partial charge in [-0.15, -0.1) is 0 Å². The summed E-state index contributed by atoms with van der Waals surface area (Å²) in [4.78, 5) is 4.10. The Hall–Kier alpha value is -1.75. The Morgan fingerprint density at radius 1 is 1.21 bits per heavy atom. The third-order valence-electron chi connectivity index (χ3n) is 2.61. The summed E-state index contributed by atoms with van der Waals surface area (Å²) in [5.74, 6) is -1.32. The maximum Gasteiger partial charge on any atom is 0.181 e. The highest BCUT2D eigenvalue weighted by atomic mass is 19.2. The second kappa shape index (κ2) is 5.09. The van der Waals surface area contributed by atoms with Crippen LogP contribution in [0.15, 0.2) is 29.0 Å². The average Bonchev–Trinajstić information content (AvgIpc) is 2.77. The summed E-state index contributed by atoms with van der Waals surface area (Å²) >= 11 is 0. The van der Waals surface area contributed by atoms with Crippen LogP contribution in [0.25, 0.3) is 11.3 Å². The number of aromatic nitrogens is 1. The number of oxazole rings is 1. The van der Waals surface area contributed by atoms with Gasteiger partial charge in [0.15, 0.2) is 23.8 Å². The second-order valence-corrected chi connectivity index (χ2v) is 5.36. The molecule has 0 radical (unpaired) electrons. The highest BCUT2D eigenvalue weighted by Gasteiger charge is 2.15. The van der Waals surface area contributed by atoms with Crippen LogP contribution in [0.1, 0.15) is 26.5 Å².